The number of hydrogen-bond acceptors (Lipinski definition) is 2. The third-order valence-corrected chi connectivity index (χ3v) is 5.08. The lowest BCUT2D eigenvalue weighted by molar-refractivity contribution is -0.399. The summed E-state index contributed by atoms with van der Waals surface area (Å²) in [5.41, 5.74) is 0. The first-order valence-electron chi connectivity index (χ1n) is 9.54. The summed E-state index contributed by atoms with van der Waals surface area (Å²) in [5, 5.41) is 0. The lowest BCUT2D eigenvalue weighted by Crippen LogP contribution is -2.61. The molecule has 0 aromatic heterocycles. The predicted octanol–water partition coefficient (Wildman–Crippen LogP) is 8.11. The van der Waals surface area contributed by atoms with Gasteiger partial charge in [-0.25, -0.2) is 0 Å². The third-order valence-electron chi connectivity index (χ3n) is 5.08. The van der Waals surface area contributed by atoms with E-state index in [2.05, 4.69) is 9.47 Å². The SMILES string of the molecule is CC(C)C(C)(OCCC(F)(F)C(F)(F)C(F)(F)C(F)(F)F)OCCC(F)(F)C(F)(F)C(F)(F)C(F)(F)F. The average molecular weight is 596 g/mol. The fourth-order valence-electron chi connectivity index (χ4n) is 2.27. The van der Waals surface area contributed by atoms with E-state index in [0.717, 1.165) is 13.8 Å². The van der Waals surface area contributed by atoms with E-state index in [4.69, 9.17) is 0 Å². The Bertz CT molecular complexity index is 696. The van der Waals surface area contributed by atoms with Crippen molar-refractivity contribution < 1.29 is 88.5 Å². The second-order valence-electron chi connectivity index (χ2n) is 8.07. The molecule has 20 heteroatoms. The maximum atomic E-state index is 13.6. The number of hydrogen-bond donors (Lipinski definition) is 0. The first-order valence-corrected chi connectivity index (χ1v) is 9.54. The van der Waals surface area contributed by atoms with E-state index >= 15 is 0 Å². The monoisotopic (exact) mass is 596 g/mol. The van der Waals surface area contributed by atoms with Gasteiger partial charge in [0.25, 0.3) is 0 Å². The van der Waals surface area contributed by atoms with Crippen LogP contribution in [0.4, 0.5) is 79.0 Å². The van der Waals surface area contributed by atoms with Crippen LogP contribution in [0.15, 0.2) is 0 Å². The van der Waals surface area contributed by atoms with Gasteiger partial charge in [-0.3, -0.25) is 0 Å². The van der Waals surface area contributed by atoms with Gasteiger partial charge in [0.2, 0.25) is 0 Å². The fourth-order valence-corrected chi connectivity index (χ4v) is 2.27. The van der Waals surface area contributed by atoms with Crippen LogP contribution in [0.25, 0.3) is 0 Å². The molecule has 0 unspecified atom stereocenters. The summed E-state index contributed by atoms with van der Waals surface area (Å²) in [6.07, 6.45) is -19.3. The minimum atomic E-state index is -7.21. The fraction of sp³-hybridized carbons (Fsp3) is 1.00. The molecule has 0 saturated heterocycles. The van der Waals surface area contributed by atoms with Crippen LogP contribution in [0.5, 0.6) is 0 Å². The van der Waals surface area contributed by atoms with Gasteiger partial charge in [0.15, 0.2) is 5.79 Å². The van der Waals surface area contributed by atoms with Crippen molar-refractivity contribution in [2.45, 2.75) is 87.3 Å². The maximum Gasteiger partial charge on any atom is 0.460 e. The molecule has 0 fully saturated rings. The van der Waals surface area contributed by atoms with Crippen LogP contribution in [0.3, 0.4) is 0 Å². The van der Waals surface area contributed by atoms with Crippen LogP contribution in [0.1, 0.15) is 33.6 Å². The standard InChI is InChI=1S/C17H18F18O2/c1-8(2)9(3,36-6-4-10(18,19)12(22,23)14(26,27)16(30,31)32)37-7-5-11(20,21)13(24,25)15(28,29)17(33,34)35/h8H,4-7H2,1-3H3. The lowest BCUT2D eigenvalue weighted by atomic mass is 10.0. The van der Waals surface area contributed by atoms with Crippen molar-refractivity contribution in [1.29, 1.82) is 0 Å². The van der Waals surface area contributed by atoms with Crippen molar-refractivity contribution in [2.24, 2.45) is 5.92 Å². The largest absolute Gasteiger partial charge is 0.460 e. The zero-order valence-electron chi connectivity index (χ0n) is 18.5. The van der Waals surface area contributed by atoms with Crippen molar-refractivity contribution >= 4 is 0 Å². The van der Waals surface area contributed by atoms with Crippen LogP contribution >= 0.6 is 0 Å². The van der Waals surface area contributed by atoms with E-state index in [9.17, 15) is 79.0 Å². The number of ether oxygens (including phenoxy) is 2. The highest BCUT2D eigenvalue weighted by molar-refractivity contribution is 5.01. The van der Waals surface area contributed by atoms with Crippen molar-refractivity contribution in [2.75, 3.05) is 13.2 Å². The summed E-state index contributed by atoms with van der Waals surface area (Å²) < 4.78 is 240. The number of alkyl halides is 18. The molecule has 0 rings (SSSR count). The molecule has 0 spiro atoms. The predicted molar refractivity (Wildman–Crippen MR) is 86.2 cm³/mol. The third kappa shape index (κ3) is 6.63. The molecule has 0 aromatic carbocycles. The smallest absolute Gasteiger partial charge is 0.350 e. The van der Waals surface area contributed by atoms with E-state index in [1.807, 2.05) is 0 Å². The highest BCUT2D eigenvalue weighted by Gasteiger charge is 2.82. The van der Waals surface area contributed by atoms with Crippen LogP contribution in [-0.4, -0.2) is 66.9 Å². The van der Waals surface area contributed by atoms with Gasteiger partial charge in [0.1, 0.15) is 0 Å². The molecule has 0 aliphatic carbocycles. The van der Waals surface area contributed by atoms with Crippen molar-refractivity contribution in [3.8, 4) is 0 Å². The Hall–Kier alpha value is -1.34. The van der Waals surface area contributed by atoms with E-state index in [1.54, 1.807) is 0 Å². The average Bonchev–Trinajstić information content (AvgIpc) is 2.65. The summed E-state index contributed by atoms with van der Waals surface area (Å²) in [7, 11) is 0. The van der Waals surface area contributed by atoms with Gasteiger partial charge >= 0.3 is 47.9 Å². The summed E-state index contributed by atoms with van der Waals surface area (Å²) in [6, 6.07) is 0. The van der Waals surface area contributed by atoms with Crippen LogP contribution in [0, 0.1) is 5.92 Å². The molecule has 0 atom stereocenters. The van der Waals surface area contributed by atoms with E-state index in [-0.39, 0.29) is 0 Å². The van der Waals surface area contributed by atoms with Gasteiger partial charge in [-0.1, -0.05) is 13.8 Å². The molecule has 0 aliphatic heterocycles. The quantitative estimate of drug-likeness (QED) is 0.158. The molecule has 0 aliphatic rings. The minimum Gasteiger partial charge on any atom is -0.350 e. The Morgan fingerprint density at radius 3 is 0.892 bits per heavy atom. The van der Waals surface area contributed by atoms with Crippen LogP contribution in [-0.2, 0) is 9.47 Å². The molecular weight excluding hydrogens is 578 g/mol. The van der Waals surface area contributed by atoms with Crippen molar-refractivity contribution in [3.05, 3.63) is 0 Å². The minimum absolute atomic E-state index is 0.624. The zero-order valence-corrected chi connectivity index (χ0v) is 18.5. The van der Waals surface area contributed by atoms with E-state index in [1.165, 1.54) is 0 Å². The highest BCUT2D eigenvalue weighted by atomic mass is 19.4. The second-order valence-corrected chi connectivity index (χ2v) is 8.07. The second kappa shape index (κ2) is 10.3. The molecule has 0 heterocycles. The Balaban J connectivity index is 5.50. The number of rotatable bonds is 13. The summed E-state index contributed by atoms with van der Waals surface area (Å²) >= 11 is 0. The Labute approximate surface area is 196 Å². The van der Waals surface area contributed by atoms with E-state index in [0.29, 0.717) is 6.92 Å². The molecule has 224 valence electrons. The Morgan fingerprint density at radius 1 is 0.459 bits per heavy atom. The van der Waals surface area contributed by atoms with Gasteiger partial charge in [0.05, 0.1) is 13.2 Å². The molecule has 37 heavy (non-hydrogen) atoms. The topological polar surface area (TPSA) is 18.5 Å². The Kier molecular flexibility index (Phi) is 9.95. The molecule has 0 amide bonds. The molecule has 0 bridgehead atoms. The molecule has 0 saturated carbocycles. The summed E-state index contributed by atoms with van der Waals surface area (Å²) in [4.78, 5) is 0. The molecule has 2 nitrogen and oxygen atoms in total. The highest BCUT2D eigenvalue weighted by Crippen LogP contribution is 2.55. The van der Waals surface area contributed by atoms with Gasteiger partial charge in [-0.15, -0.1) is 0 Å². The summed E-state index contributed by atoms with van der Waals surface area (Å²) in [5.74, 6) is -44.4. The zero-order chi connectivity index (χ0) is 30.3. The molecule has 0 radical (unpaired) electrons. The first-order chi connectivity index (χ1) is 15.9. The van der Waals surface area contributed by atoms with Gasteiger partial charge in [0, 0.05) is 18.8 Å². The first kappa shape index (κ1) is 35.7. The Morgan fingerprint density at radius 2 is 0.703 bits per heavy atom. The number of halogens is 18. The van der Waals surface area contributed by atoms with Gasteiger partial charge in [-0.2, -0.15) is 79.0 Å². The normalized spacial score (nSPS) is 16.1. The molecule has 0 aromatic rings. The summed E-state index contributed by atoms with van der Waals surface area (Å²) in [6.45, 7) is -1.02. The van der Waals surface area contributed by atoms with Crippen LogP contribution < -0.4 is 0 Å². The molecular formula is C17H18F18O2. The van der Waals surface area contributed by atoms with E-state index < -0.39 is 85.6 Å². The van der Waals surface area contributed by atoms with Gasteiger partial charge < -0.3 is 9.47 Å². The van der Waals surface area contributed by atoms with Crippen LogP contribution in [0.2, 0.25) is 0 Å². The van der Waals surface area contributed by atoms with Crippen molar-refractivity contribution in [3.63, 3.8) is 0 Å². The maximum absolute atomic E-state index is 13.6. The molecule has 0 N–H and O–H groups in total. The van der Waals surface area contributed by atoms with Gasteiger partial charge in [-0.05, 0) is 6.92 Å². The van der Waals surface area contributed by atoms with Crippen molar-refractivity contribution in [1.82, 2.24) is 0 Å². The lowest BCUT2D eigenvalue weighted by Gasteiger charge is -2.37.